The summed E-state index contributed by atoms with van der Waals surface area (Å²) < 4.78 is 0. The molecule has 33 heavy (non-hydrogen) atoms. The highest BCUT2D eigenvalue weighted by Crippen LogP contribution is 2.32. The van der Waals surface area contributed by atoms with Crippen LogP contribution in [0.5, 0.6) is 11.5 Å². The summed E-state index contributed by atoms with van der Waals surface area (Å²) in [6.07, 6.45) is 2.58. The second-order valence-electron chi connectivity index (χ2n) is 8.52. The number of nitrogens with two attached hydrogens (primary N) is 2. The summed E-state index contributed by atoms with van der Waals surface area (Å²) in [4.78, 5) is 17.2. The summed E-state index contributed by atoms with van der Waals surface area (Å²) in [5.41, 5.74) is 11.4. The van der Waals surface area contributed by atoms with Gasteiger partial charge in [-0.15, -0.1) is 0 Å². The van der Waals surface area contributed by atoms with Crippen LogP contribution < -0.4 is 21.8 Å². The number of phenolic OH excluding ortho intramolecular Hbond substituents is 1. The van der Waals surface area contributed by atoms with E-state index in [-0.39, 0.29) is 30.2 Å². The molecular weight excluding hydrogens is 414 g/mol. The van der Waals surface area contributed by atoms with Gasteiger partial charge in [0.2, 0.25) is 5.91 Å². The minimum Gasteiger partial charge on any atom is -0.508 e. The highest BCUT2D eigenvalue weighted by molar-refractivity contribution is 5.78. The molecule has 0 bridgehead atoms. The van der Waals surface area contributed by atoms with Crippen LogP contribution in [0.15, 0.2) is 66.7 Å². The Morgan fingerprint density at radius 3 is 2.09 bits per heavy atom. The molecule has 0 aliphatic heterocycles. The molecule has 2 atom stereocenters. The van der Waals surface area contributed by atoms with Gasteiger partial charge in [0.15, 0.2) is 0 Å². The van der Waals surface area contributed by atoms with Crippen molar-refractivity contribution in [1.82, 2.24) is 5.32 Å². The average Bonchev–Trinajstić information content (AvgIpc) is 2.80. The van der Waals surface area contributed by atoms with Crippen LogP contribution in [0.1, 0.15) is 46.6 Å². The van der Waals surface area contributed by atoms with Gasteiger partial charge in [0, 0.05) is 12.0 Å². The number of rotatable bonds is 10. The van der Waals surface area contributed by atoms with E-state index in [4.69, 9.17) is 16.5 Å². The van der Waals surface area contributed by atoms with Crippen LogP contribution >= 0.6 is 0 Å². The van der Waals surface area contributed by atoms with Crippen LogP contribution in [0.4, 0.5) is 0 Å². The predicted molar refractivity (Wildman–Crippen MR) is 131 cm³/mol. The number of hydrogen-bond donors (Lipinski definition) is 4. The molecule has 1 amide bonds. The number of carbonyl (C=O) groups is 1. The Labute approximate surface area is 195 Å². The molecule has 0 saturated carbocycles. The quantitative estimate of drug-likeness (QED) is 0.353. The third-order valence-corrected chi connectivity index (χ3v) is 5.82. The highest BCUT2D eigenvalue weighted by atomic mass is 16.6. The smallest absolute Gasteiger partial charge is 0.233 e. The molecule has 6 nitrogen and oxygen atoms in total. The van der Waals surface area contributed by atoms with Gasteiger partial charge in [-0.2, -0.15) is 5.90 Å². The van der Waals surface area contributed by atoms with E-state index in [2.05, 4.69) is 37.4 Å². The van der Waals surface area contributed by atoms with Crippen LogP contribution in [0.3, 0.4) is 0 Å². The Bertz CT molecular complexity index is 1030. The standard InChI is InChI=1S/C27H33N3O3/c1-18-14-19(2)16-20(15-18)4-3-5-25(30-26(32)17-28)27(21-6-10-23(31)11-7-21)22-8-12-24(33-29)13-9-22/h6-16,25,27,31H,3-5,17,28-29H2,1-2H3,(H,30,32). The van der Waals surface area contributed by atoms with Crippen molar-refractivity contribution in [2.75, 3.05) is 6.54 Å². The number of carbonyl (C=O) groups excluding carboxylic acids is 1. The van der Waals surface area contributed by atoms with Crippen molar-refractivity contribution in [3.8, 4) is 11.5 Å². The summed E-state index contributed by atoms with van der Waals surface area (Å²) in [6.45, 7) is 4.14. The lowest BCUT2D eigenvalue weighted by Crippen LogP contribution is -2.42. The summed E-state index contributed by atoms with van der Waals surface area (Å²) in [5.74, 6) is 5.71. The van der Waals surface area contributed by atoms with Crippen molar-refractivity contribution in [3.05, 3.63) is 94.5 Å². The zero-order chi connectivity index (χ0) is 23.8. The topological polar surface area (TPSA) is 111 Å². The summed E-state index contributed by atoms with van der Waals surface area (Å²) in [5, 5.41) is 12.9. The van der Waals surface area contributed by atoms with Gasteiger partial charge in [-0.3, -0.25) is 4.79 Å². The fraction of sp³-hybridized carbons (Fsp3) is 0.296. The molecule has 0 aromatic heterocycles. The second kappa shape index (κ2) is 11.5. The fourth-order valence-corrected chi connectivity index (χ4v) is 4.42. The van der Waals surface area contributed by atoms with Gasteiger partial charge in [0.05, 0.1) is 6.54 Å². The van der Waals surface area contributed by atoms with Crippen LogP contribution in [-0.2, 0) is 11.2 Å². The lowest BCUT2D eigenvalue weighted by Gasteiger charge is -2.29. The van der Waals surface area contributed by atoms with E-state index >= 15 is 0 Å². The van der Waals surface area contributed by atoms with Gasteiger partial charge >= 0.3 is 0 Å². The molecule has 0 saturated heterocycles. The Kier molecular flexibility index (Phi) is 8.46. The molecule has 3 rings (SSSR count). The number of benzene rings is 3. The normalized spacial score (nSPS) is 12.7. The predicted octanol–water partition coefficient (Wildman–Crippen LogP) is 3.86. The first-order valence-electron chi connectivity index (χ1n) is 11.2. The minimum atomic E-state index is -0.197. The molecule has 6 heteroatoms. The van der Waals surface area contributed by atoms with Crippen molar-refractivity contribution >= 4 is 5.91 Å². The molecule has 2 unspecified atom stereocenters. The molecule has 0 spiro atoms. The molecule has 0 aliphatic rings. The van der Waals surface area contributed by atoms with Gasteiger partial charge in [-0.25, -0.2) is 0 Å². The van der Waals surface area contributed by atoms with Crippen LogP contribution in [-0.4, -0.2) is 23.6 Å². The summed E-state index contributed by atoms with van der Waals surface area (Å²) in [6, 6.07) is 21.0. The van der Waals surface area contributed by atoms with Crippen molar-refractivity contribution in [1.29, 1.82) is 0 Å². The fourth-order valence-electron chi connectivity index (χ4n) is 4.42. The average molecular weight is 448 g/mol. The van der Waals surface area contributed by atoms with Gasteiger partial charge in [0.25, 0.3) is 0 Å². The lowest BCUT2D eigenvalue weighted by atomic mass is 9.82. The number of nitrogens with one attached hydrogen (secondary N) is 1. The maximum absolute atomic E-state index is 12.4. The lowest BCUT2D eigenvalue weighted by molar-refractivity contribution is -0.120. The van der Waals surface area contributed by atoms with E-state index in [0.29, 0.717) is 5.75 Å². The van der Waals surface area contributed by atoms with Gasteiger partial charge in [-0.1, -0.05) is 53.6 Å². The van der Waals surface area contributed by atoms with E-state index in [1.165, 1.54) is 16.7 Å². The third kappa shape index (κ3) is 6.81. The maximum atomic E-state index is 12.4. The maximum Gasteiger partial charge on any atom is 0.233 e. The van der Waals surface area contributed by atoms with Gasteiger partial charge in [0.1, 0.15) is 11.5 Å². The number of phenols is 1. The zero-order valence-corrected chi connectivity index (χ0v) is 19.3. The molecule has 0 fully saturated rings. The van der Waals surface area contributed by atoms with Crippen LogP contribution in [0, 0.1) is 13.8 Å². The largest absolute Gasteiger partial charge is 0.508 e. The van der Waals surface area contributed by atoms with Gasteiger partial charge in [-0.05, 0) is 74.1 Å². The van der Waals surface area contributed by atoms with Crippen LogP contribution in [0.25, 0.3) is 0 Å². The van der Waals surface area contributed by atoms with Crippen molar-refractivity contribution in [3.63, 3.8) is 0 Å². The van der Waals surface area contributed by atoms with E-state index in [1.54, 1.807) is 24.3 Å². The van der Waals surface area contributed by atoms with Crippen molar-refractivity contribution in [2.45, 2.75) is 45.1 Å². The Balaban J connectivity index is 1.90. The number of hydrogen-bond acceptors (Lipinski definition) is 5. The Morgan fingerprint density at radius 2 is 1.55 bits per heavy atom. The zero-order valence-electron chi connectivity index (χ0n) is 19.3. The Hall–Kier alpha value is -3.35. The number of aromatic hydroxyl groups is 1. The molecule has 0 aliphatic carbocycles. The first kappa shape index (κ1) is 24.3. The van der Waals surface area contributed by atoms with Crippen molar-refractivity contribution in [2.24, 2.45) is 11.6 Å². The monoisotopic (exact) mass is 447 g/mol. The molecule has 174 valence electrons. The number of aryl methyl sites for hydroxylation is 3. The van der Waals surface area contributed by atoms with Gasteiger partial charge < -0.3 is 21.0 Å². The van der Waals surface area contributed by atoms with E-state index in [9.17, 15) is 9.90 Å². The minimum absolute atomic E-state index is 0.0736. The number of amides is 1. The summed E-state index contributed by atoms with van der Waals surface area (Å²) >= 11 is 0. The van der Waals surface area contributed by atoms with Crippen molar-refractivity contribution < 1.29 is 14.7 Å². The van der Waals surface area contributed by atoms with E-state index < -0.39 is 0 Å². The molecular formula is C27H33N3O3. The van der Waals surface area contributed by atoms with E-state index in [1.807, 2.05) is 24.3 Å². The molecule has 3 aromatic rings. The van der Waals surface area contributed by atoms with Crippen LogP contribution in [0.2, 0.25) is 0 Å². The SMILES string of the molecule is Cc1cc(C)cc(CCCC(NC(=O)CN)C(c2ccc(O)cc2)c2ccc(ON)cc2)c1. The van der Waals surface area contributed by atoms with E-state index in [0.717, 1.165) is 30.4 Å². The molecule has 0 heterocycles. The third-order valence-electron chi connectivity index (χ3n) is 5.82. The Morgan fingerprint density at radius 1 is 0.970 bits per heavy atom. The first-order valence-corrected chi connectivity index (χ1v) is 11.2. The summed E-state index contributed by atoms with van der Waals surface area (Å²) in [7, 11) is 0. The highest BCUT2D eigenvalue weighted by Gasteiger charge is 2.26. The molecule has 3 aromatic carbocycles. The second-order valence-corrected chi connectivity index (χ2v) is 8.52. The molecule has 0 radical (unpaired) electrons. The molecule has 6 N–H and O–H groups in total. The first-order chi connectivity index (χ1) is 15.9.